The zero-order chi connectivity index (χ0) is 23.5. The van der Waals surface area contributed by atoms with E-state index in [-0.39, 0.29) is 6.42 Å². The van der Waals surface area contributed by atoms with Gasteiger partial charge in [-0.1, -0.05) is 30.4 Å². The van der Waals surface area contributed by atoms with Crippen LogP contribution in [0.25, 0.3) is 10.6 Å². The lowest BCUT2D eigenvalue weighted by atomic mass is 10.1. The second-order valence-corrected chi connectivity index (χ2v) is 10.2. The number of benzene rings is 2. The van der Waals surface area contributed by atoms with Gasteiger partial charge in [0.15, 0.2) is 0 Å². The first-order valence-corrected chi connectivity index (χ1v) is 12.7. The zero-order valence-corrected chi connectivity index (χ0v) is 20.3. The lowest BCUT2D eigenvalue weighted by Crippen LogP contribution is -2.47. The monoisotopic (exact) mass is 474 g/mol. The molecule has 8 nitrogen and oxygen atoms in total. The lowest BCUT2D eigenvalue weighted by Gasteiger charge is -2.31. The van der Waals surface area contributed by atoms with Crippen LogP contribution in [0, 0.1) is 13.8 Å². The van der Waals surface area contributed by atoms with Crippen molar-refractivity contribution >= 4 is 38.1 Å². The molecule has 170 valence electrons. The first-order chi connectivity index (χ1) is 15.1. The summed E-state index contributed by atoms with van der Waals surface area (Å²) in [4.78, 5) is 13.1. The van der Waals surface area contributed by atoms with Crippen molar-refractivity contribution in [2.75, 3.05) is 23.0 Å². The molecule has 0 saturated heterocycles. The Morgan fingerprint density at radius 3 is 2.44 bits per heavy atom. The summed E-state index contributed by atoms with van der Waals surface area (Å²) < 4.78 is 31.8. The van der Waals surface area contributed by atoms with Gasteiger partial charge in [0.1, 0.15) is 16.8 Å². The van der Waals surface area contributed by atoms with Crippen molar-refractivity contribution in [1.29, 1.82) is 0 Å². The fourth-order valence-electron chi connectivity index (χ4n) is 3.30. The van der Waals surface area contributed by atoms with Gasteiger partial charge in [-0.2, -0.15) is 0 Å². The lowest BCUT2D eigenvalue weighted by molar-refractivity contribution is -0.117. The number of rotatable bonds is 8. The molecular weight excluding hydrogens is 448 g/mol. The van der Waals surface area contributed by atoms with E-state index >= 15 is 0 Å². The fourth-order valence-corrected chi connectivity index (χ4v) is 5.32. The zero-order valence-electron chi connectivity index (χ0n) is 18.6. The van der Waals surface area contributed by atoms with E-state index in [0.717, 1.165) is 28.7 Å². The van der Waals surface area contributed by atoms with Crippen LogP contribution in [-0.4, -0.2) is 43.9 Å². The summed E-state index contributed by atoms with van der Waals surface area (Å²) in [6, 6.07) is 11.9. The number of methoxy groups -OCH3 is 1. The first kappa shape index (κ1) is 23.7. The number of anilines is 2. The van der Waals surface area contributed by atoms with Crippen molar-refractivity contribution in [3.63, 3.8) is 0 Å². The molecule has 1 atom stereocenters. The molecule has 3 rings (SSSR count). The molecule has 1 N–H and O–H groups in total. The maximum Gasteiger partial charge on any atom is 0.250 e. The summed E-state index contributed by atoms with van der Waals surface area (Å²) in [6.45, 7) is 5.48. The number of nitrogens with zero attached hydrogens (tertiary/aromatic N) is 3. The molecule has 0 aliphatic carbocycles. The molecule has 1 amide bonds. The van der Waals surface area contributed by atoms with Gasteiger partial charge in [0.05, 0.1) is 19.1 Å². The van der Waals surface area contributed by atoms with Crippen LogP contribution in [0.5, 0.6) is 5.75 Å². The van der Waals surface area contributed by atoms with Crippen molar-refractivity contribution in [2.45, 2.75) is 33.2 Å². The van der Waals surface area contributed by atoms with E-state index in [0.29, 0.717) is 15.8 Å². The second-order valence-electron chi connectivity index (χ2n) is 7.40. The van der Waals surface area contributed by atoms with E-state index in [4.69, 9.17) is 4.74 Å². The van der Waals surface area contributed by atoms with Gasteiger partial charge in [0, 0.05) is 5.56 Å². The van der Waals surface area contributed by atoms with Gasteiger partial charge in [0.25, 0.3) is 0 Å². The standard InChI is InChI=1S/C22H26N4O4S2/c1-6-18(26(32(5,28)29)19-13-14(2)7-8-15(19)3)20(27)23-22-25-24-21(31-22)16-9-11-17(30-4)12-10-16/h7-13,18H,6H2,1-5H3,(H,23,25,27)/t18-/m1/s1. The molecule has 32 heavy (non-hydrogen) atoms. The summed E-state index contributed by atoms with van der Waals surface area (Å²) in [5.41, 5.74) is 3.00. The third kappa shape index (κ3) is 5.25. The fraction of sp³-hybridized carbons (Fsp3) is 0.318. The summed E-state index contributed by atoms with van der Waals surface area (Å²) >= 11 is 1.21. The minimum absolute atomic E-state index is 0.288. The van der Waals surface area contributed by atoms with Crippen molar-refractivity contribution in [3.8, 4) is 16.3 Å². The van der Waals surface area contributed by atoms with Crippen LogP contribution in [0.4, 0.5) is 10.8 Å². The summed E-state index contributed by atoms with van der Waals surface area (Å²) in [7, 11) is -2.13. The number of sulfonamides is 1. The smallest absolute Gasteiger partial charge is 0.250 e. The van der Waals surface area contributed by atoms with Gasteiger partial charge in [0.2, 0.25) is 21.1 Å². The number of hydrogen-bond acceptors (Lipinski definition) is 7. The predicted molar refractivity (Wildman–Crippen MR) is 128 cm³/mol. The topological polar surface area (TPSA) is 101 Å². The predicted octanol–water partition coefficient (Wildman–Crippen LogP) is 4.01. The molecule has 0 radical (unpaired) electrons. The molecule has 1 aromatic heterocycles. The van der Waals surface area contributed by atoms with Gasteiger partial charge >= 0.3 is 0 Å². The number of aromatic nitrogens is 2. The normalized spacial score (nSPS) is 12.3. The van der Waals surface area contributed by atoms with Crippen LogP contribution in [0.3, 0.4) is 0 Å². The first-order valence-electron chi connectivity index (χ1n) is 9.99. The van der Waals surface area contributed by atoms with Gasteiger partial charge in [-0.25, -0.2) is 8.42 Å². The van der Waals surface area contributed by atoms with Gasteiger partial charge in [-0.15, -0.1) is 10.2 Å². The Morgan fingerprint density at radius 1 is 1.16 bits per heavy atom. The number of ether oxygens (including phenoxy) is 1. The Morgan fingerprint density at radius 2 is 1.84 bits per heavy atom. The number of carbonyl (C=O) groups excluding carboxylic acids is 1. The molecule has 0 saturated carbocycles. The summed E-state index contributed by atoms with van der Waals surface area (Å²) in [5.74, 6) is 0.265. The summed E-state index contributed by atoms with van der Waals surface area (Å²) in [6.07, 6.45) is 1.40. The minimum atomic E-state index is -3.72. The third-order valence-corrected chi connectivity index (χ3v) is 6.98. The molecule has 0 aliphatic heterocycles. The Bertz CT molecular complexity index is 1210. The quantitative estimate of drug-likeness (QED) is 0.529. The summed E-state index contributed by atoms with van der Waals surface area (Å²) in [5, 5.41) is 11.9. The largest absolute Gasteiger partial charge is 0.497 e. The van der Waals surface area contributed by atoms with Crippen LogP contribution >= 0.6 is 11.3 Å². The Hall–Kier alpha value is -2.98. The minimum Gasteiger partial charge on any atom is -0.497 e. The van der Waals surface area contributed by atoms with Gasteiger partial charge in [-0.05, 0) is 61.7 Å². The molecule has 10 heteroatoms. The molecule has 1 heterocycles. The number of nitrogens with one attached hydrogen (secondary N) is 1. The molecule has 0 unspecified atom stereocenters. The Kier molecular flexibility index (Phi) is 7.15. The van der Waals surface area contributed by atoms with Crippen molar-refractivity contribution in [1.82, 2.24) is 10.2 Å². The molecule has 0 aliphatic rings. The Labute approximate surface area is 192 Å². The van der Waals surface area contributed by atoms with Crippen LogP contribution in [0.1, 0.15) is 24.5 Å². The van der Waals surface area contributed by atoms with Crippen molar-refractivity contribution in [2.24, 2.45) is 0 Å². The average molecular weight is 475 g/mol. The number of hydrogen-bond donors (Lipinski definition) is 1. The number of amides is 1. The maximum atomic E-state index is 13.1. The van der Waals surface area contributed by atoms with Crippen molar-refractivity contribution < 1.29 is 17.9 Å². The molecule has 0 spiro atoms. The van der Waals surface area contributed by atoms with Crippen LogP contribution in [0.2, 0.25) is 0 Å². The van der Waals surface area contributed by atoms with Crippen LogP contribution in [-0.2, 0) is 14.8 Å². The highest BCUT2D eigenvalue weighted by molar-refractivity contribution is 7.92. The molecule has 2 aromatic carbocycles. The highest BCUT2D eigenvalue weighted by Gasteiger charge is 2.33. The van der Waals surface area contributed by atoms with E-state index < -0.39 is 22.0 Å². The molecule has 0 bridgehead atoms. The highest BCUT2D eigenvalue weighted by Crippen LogP contribution is 2.30. The van der Waals surface area contributed by atoms with Crippen LogP contribution < -0.4 is 14.4 Å². The molecule has 3 aromatic rings. The highest BCUT2D eigenvalue weighted by atomic mass is 32.2. The van der Waals surface area contributed by atoms with E-state index in [1.807, 2.05) is 50.2 Å². The van der Waals surface area contributed by atoms with E-state index in [1.165, 1.54) is 15.6 Å². The van der Waals surface area contributed by atoms with Gasteiger partial charge in [-0.3, -0.25) is 14.4 Å². The number of carbonyl (C=O) groups is 1. The van der Waals surface area contributed by atoms with E-state index in [2.05, 4.69) is 15.5 Å². The van der Waals surface area contributed by atoms with Crippen LogP contribution in [0.15, 0.2) is 42.5 Å². The molecule has 0 fully saturated rings. The maximum absolute atomic E-state index is 13.1. The third-order valence-electron chi connectivity index (χ3n) is 4.92. The van der Waals surface area contributed by atoms with Crippen molar-refractivity contribution in [3.05, 3.63) is 53.6 Å². The van der Waals surface area contributed by atoms with E-state index in [9.17, 15) is 13.2 Å². The van der Waals surface area contributed by atoms with E-state index in [1.54, 1.807) is 20.1 Å². The second kappa shape index (κ2) is 9.66. The molecular formula is C22H26N4O4S2. The Balaban J connectivity index is 1.87. The number of aryl methyl sites for hydroxylation is 2. The van der Waals surface area contributed by atoms with Gasteiger partial charge < -0.3 is 4.74 Å². The average Bonchev–Trinajstić information content (AvgIpc) is 3.21. The SMILES string of the molecule is CC[C@H](C(=O)Nc1nnc(-c2ccc(OC)cc2)s1)N(c1cc(C)ccc1C)S(C)(=O)=O.